The highest BCUT2D eigenvalue weighted by atomic mass is 35.5. The third-order valence-corrected chi connectivity index (χ3v) is 0.319. The van der Waals surface area contributed by atoms with Crippen molar-refractivity contribution in [2.75, 3.05) is 7.05 Å². The average molecular weight is 127 g/mol. The lowest BCUT2D eigenvalue weighted by Crippen LogP contribution is -2.28. The molecule has 0 aliphatic rings. The number of nitrogens with zero attached hydrogens (tertiary/aromatic N) is 1. The zero-order valence-electron chi connectivity index (χ0n) is 3.79. The molecule has 0 heterocycles. The Labute approximate surface area is 47.3 Å². The molecule has 0 saturated carbocycles. The van der Waals surface area contributed by atoms with Crippen LogP contribution in [-0.2, 0) is 0 Å². The highest BCUT2D eigenvalue weighted by molar-refractivity contribution is 5.85. The van der Waals surface area contributed by atoms with Gasteiger partial charge in [-0.2, -0.15) is 0 Å². The Morgan fingerprint density at radius 1 is 1.86 bits per heavy atom. The van der Waals surface area contributed by atoms with Crippen molar-refractivity contribution < 1.29 is 10.0 Å². The molecule has 0 bridgehead atoms. The van der Waals surface area contributed by atoms with Crippen molar-refractivity contribution in [2.24, 2.45) is 5.73 Å². The summed E-state index contributed by atoms with van der Waals surface area (Å²) in [5, 5.41) is 8.29. The first-order chi connectivity index (χ1) is 2.64. The zero-order valence-corrected chi connectivity index (χ0v) is 4.60. The fourth-order valence-corrected chi connectivity index (χ4v) is 0. The molecule has 0 aromatic carbocycles. The summed E-state index contributed by atoms with van der Waals surface area (Å²) in [7, 11) is 1.16. The Kier molecular flexibility index (Phi) is 5.14. The second-order valence-corrected chi connectivity index (χ2v) is 0.862. The van der Waals surface area contributed by atoms with Crippen LogP contribution < -0.4 is 5.73 Å². The van der Waals surface area contributed by atoms with Gasteiger partial charge < -0.3 is 5.73 Å². The Morgan fingerprint density at radius 3 is 2.00 bits per heavy atom. The Hall–Kier alpha value is -0.480. The number of rotatable bonds is 0. The molecule has 3 N–H and O–H groups in total. The normalized spacial score (nSPS) is 6.57. The van der Waals surface area contributed by atoms with Gasteiger partial charge in [0.1, 0.15) is 0 Å². The van der Waals surface area contributed by atoms with E-state index in [1.165, 1.54) is 0 Å². The molecule has 0 spiro atoms. The number of carbonyl (C=O) groups excluding carboxylic acids is 1. The van der Waals surface area contributed by atoms with Crippen molar-refractivity contribution in [2.45, 2.75) is 0 Å². The van der Waals surface area contributed by atoms with Crippen molar-refractivity contribution in [1.29, 1.82) is 0 Å². The molecule has 44 valence electrons. The molecule has 0 radical (unpaired) electrons. The van der Waals surface area contributed by atoms with E-state index >= 15 is 0 Å². The van der Waals surface area contributed by atoms with E-state index in [0.717, 1.165) is 7.05 Å². The van der Waals surface area contributed by atoms with E-state index in [1.807, 2.05) is 0 Å². The molecular formula is C2H7ClN2O2. The highest BCUT2D eigenvalue weighted by Crippen LogP contribution is 1.64. The molecular weight excluding hydrogens is 119 g/mol. The van der Waals surface area contributed by atoms with Crippen molar-refractivity contribution in [3.8, 4) is 0 Å². The van der Waals surface area contributed by atoms with Gasteiger partial charge in [-0.25, -0.2) is 9.86 Å². The van der Waals surface area contributed by atoms with Gasteiger partial charge >= 0.3 is 6.03 Å². The quantitative estimate of drug-likeness (QED) is 0.349. The molecule has 7 heavy (non-hydrogen) atoms. The molecule has 2 amide bonds. The van der Waals surface area contributed by atoms with Crippen molar-refractivity contribution in [3.05, 3.63) is 0 Å². The Balaban J connectivity index is 0. The predicted octanol–water partition coefficient (Wildman–Crippen LogP) is -0.192. The summed E-state index contributed by atoms with van der Waals surface area (Å²) in [6.07, 6.45) is 0. The van der Waals surface area contributed by atoms with Gasteiger partial charge in [-0.15, -0.1) is 12.4 Å². The molecule has 0 aliphatic carbocycles. The fraction of sp³-hybridized carbons (Fsp3) is 0.500. The third kappa shape index (κ3) is 5.52. The van der Waals surface area contributed by atoms with Crippen LogP contribution in [0.2, 0.25) is 0 Å². The van der Waals surface area contributed by atoms with Crippen molar-refractivity contribution >= 4 is 18.4 Å². The summed E-state index contributed by atoms with van der Waals surface area (Å²) in [4.78, 5) is 9.60. The summed E-state index contributed by atoms with van der Waals surface area (Å²) in [6, 6.07) is -0.852. The zero-order chi connectivity index (χ0) is 5.15. The number of hydroxylamine groups is 2. The topological polar surface area (TPSA) is 66.6 Å². The minimum Gasteiger partial charge on any atom is -0.350 e. The number of hydrogen-bond acceptors (Lipinski definition) is 2. The van der Waals surface area contributed by atoms with E-state index in [0.29, 0.717) is 5.06 Å². The SMILES string of the molecule is CN(O)C(N)=O.Cl. The van der Waals surface area contributed by atoms with Gasteiger partial charge in [0.2, 0.25) is 0 Å². The van der Waals surface area contributed by atoms with Crippen LogP contribution >= 0.6 is 12.4 Å². The number of urea groups is 1. The maximum absolute atomic E-state index is 9.60. The number of carbonyl (C=O) groups is 1. The fourth-order valence-electron chi connectivity index (χ4n) is 0. The highest BCUT2D eigenvalue weighted by Gasteiger charge is 1.91. The lowest BCUT2D eigenvalue weighted by atomic mass is 11.0. The first-order valence-corrected chi connectivity index (χ1v) is 1.36. The molecule has 5 heteroatoms. The van der Waals surface area contributed by atoms with Gasteiger partial charge in [-0.1, -0.05) is 0 Å². The summed E-state index contributed by atoms with van der Waals surface area (Å²) in [6.45, 7) is 0. The number of hydrogen-bond donors (Lipinski definition) is 2. The lowest BCUT2D eigenvalue weighted by molar-refractivity contribution is -0.0140. The number of halogens is 1. The predicted molar refractivity (Wildman–Crippen MR) is 26.4 cm³/mol. The van der Waals surface area contributed by atoms with E-state index in [4.69, 9.17) is 5.21 Å². The van der Waals surface area contributed by atoms with Crippen molar-refractivity contribution in [1.82, 2.24) is 5.06 Å². The van der Waals surface area contributed by atoms with Crippen LogP contribution in [0.1, 0.15) is 0 Å². The van der Waals surface area contributed by atoms with E-state index < -0.39 is 6.03 Å². The van der Waals surface area contributed by atoms with Crippen LogP contribution in [0.5, 0.6) is 0 Å². The molecule has 0 aromatic rings. The number of primary amides is 1. The standard InChI is InChI=1S/C2H6N2O2.ClH/c1-4(6)2(3)5;/h6H,1H3,(H2,3,5);1H. The summed E-state index contributed by atoms with van der Waals surface area (Å²) in [5.41, 5.74) is 4.47. The average Bonchev–Trinajstić information content (AvgIpc) is 1.36. The van der Waals surface area contributed by atoms with Gasteiger partial charge in [0, 0.05) is 7.05 Å². The van der Waals surface area contributed by atoms with E-state index in [2.05, 4.69) is 5.73 Å². The molecule has 0 rings (SSSR count). The minimum atomic E-state index is -0.852. The smallest absolute Gasteiger partial charge is 0.338 e. The second-order valence-electron chi connectivity index (χ2n) is 0.862. The molecule has 0 saturated heterocycles. The summed E-state index contributed by atoms with van der Waals surface area (Å²) >= 11 is 0. The van der Waals surface area contributed by atoms with Crippen LogP contribution in [0.4, 0.5) is 4.79 Å². The number of nitrogens with two attached hydrogens (primary N) is 1. The lowest BCUT2D eigenvalue weighted by Gasteiger charge is -1.99. The van der Waals surface area contributed by atoms with Crippen LogP contribution in [0.15, 0.2) is 0 Å². The van der Waals surface area contributed by atoms with Crippen LogP contribution in [0, 0.1) is 0 Å². The maximum atomic E-state index is 9.60. The summed E-state index contributed by atoms with van der Waals surface area (Å²) < 4.78 is 0. The molecule has 0 aromatic heterocycles. The Bertz CT molecular complexity index is 64.7. The van der Waals surface area contributed by atoms with Gasteiger partial charge in [-0.3, -0.25) is 5.21 Å². The molecule has 0 atom stereocenters. The first-order valence-electron chi connectivity index (χ1n) is 1.36. The van der Waals surface area contributed by atoms with Gasteiger partial charge in [0.15, 0.2) is 0 Å². The summed E-state index contributed by atoms with van der Waals surface area (Å²) in [5.74, 6) is 0. The van der Waals surface area contributed by atoms with E-state index in [-0.39, 0.29) is 12.4 Å². The third-order valence-electron chi connectivity index (χ3n) is 0.319. The van der Waals surface area contributed by atoms with Gasteiger partial charge in [0.05, 0.1) is 0 Å². The van der Waals surface area contributed by atoms with Crippen LogP contribution in [-0.4, -0.2) is 23.3 Å². The molecule has 0 fully saturated rings. The second kappa shape index (κ2) is 3.70. The van der Waals surface area contributed by atoms with E-state index in [9.17, 15) is 4.79 Å². The maximum Gasteiger partial charge on any atom is 0.338 e. The van der Waals surface area contributed by atoms with Crippen molar-refractivity contribution in [3.63, 3.8) is 0 Å². The van der Waals surface area contributed by atoms with Gasteiger partial charge in [-0.05, 0) is 0 Å². The van der Waals surface area contributed by atoms with Crippen LogP contribution in [0.3, 0.4) is 0 Å². The minimum absolute atomic E-state index is 0. The van der Waals surface area contributed by atoms with Gasteiger partial charge in [0.25, 0.3) is 0 Å². The van der Waals surface area contributed by atoms with E-state index in [1.54, 1.807) is 0 Å². The molecule has 4 nitrogen and oxygen atoms in total. The number of amides is 2. The molecule has 0 aliphatic heterocycles. The molecule has 0 unspecified atom stereocenters. The Morgan fingerprint density at radius 2 is 2.00 bits per heavy atom. The van der Waals surface area contributed by atoms with Crippen LogP contribution in [0.25, 0.3) is 0 Å². The first kappa shape index (κ1) is 9.72. The largest absolute Gasteiger partial charge is 0.350 e. The monoisotopic (exact) mass is 126 g/mol.